The highest BCUT2D eigenvalue weighted by molar-refractivity contribution is 6.46. The van der Waals surface area contributed by atoms with Crippen molar-refractivity contribution < 1.29 is 26.3 Å². The first-order valence-corrected chi connectivity index (χ1v) is 27.5. The van der Waals surface area contributed by atoms with Gasteiger partial charge < -0.3 is 8.80 Å². The van der Waals surface area contributed by atoms with Crippen LogP contribution in [0.5, 0.6) is 0 Å². The summed E-state index contributed by atoms with van der Waals surface area (Å²) in [4.78, 5) is 0. The van der Waals surface area contributed by atoms with Gasteiger partial charge in [-0.2, -0.15) is 26.3 Å². The van der Waals surface area contributed by atoms with Crippen LogP contribution in [0.3, 0.4) is 0 Å². The minimum atomic E-state index is -4.52. The summed E-state index contributed by atoms with van der Waals surface area (Å²) in [6, 6.07) is 50.3. The van der Waals surface area contributed by atoms with Crippen LogP contribution in [0.2, 0.25) is 0 Å². The molecule has 8 heteroatoms. The fourth-order valence-electron chi connectivity index (χ4n) is 12.6. The SMILES string of the molecule is CC(C)(C)c1cc(-c2cccc3c4c5c6ccc(-c7cccc(C(F)(F)F)c7)cc6n6c7c(-c8cc(C(C)(C)C)cc(C(C)(C)C)c8)cccc7c(c7c8ccc(-c9cccc(C(F)(F)F)c9)cc8n(c23)c74)c56)cc(C(C)(C)C)c1. The maximum absolute atomic E-state index is 14.4. The molecule has 13 rings (SSSR count). The lowest BCUT2D eigenvalue weighted by atomic mass is 9.78. The lowest BCUT2D eigenvalue weighted by molar-refractivity contribution is -0.138. The summed E-state index contributed by atoms with van der Waals surface area (Å²) in [5, 5.41) is 8.06. The molecule has 0 spiro atoms. The highest BCUT2D eigenvalue weighted by atomic mass is 19.4. The van der Waals surface area contributed by atoms with Crippen molar-refractivity contribution in [3.8, 4) is 44.5 Å². The second-order valence-electron chi connectivity index (χ2n) is 26.5. The number of alkyl halides is 6. The number of rotatable bonds is 4. The van der Waals surface area contributed by atoms with Gasteiger partial charge in [0.15, 0.2) is 0 Å². The summed E-state index contributed by atoms with van der Waals surface area (Å²) in [6.45, 7) is 26.8. The van der Waals surface area contributed by atoms with Crippen LogP contribution >= 0.6 is 0 Å². The number of para-hydroxylation sites is 2. The minimum Gasteiger partial charge on any atom is -0.307 e. The second-order valence-corrected chi connectivity index (χ2v) is 26.5. The van der Waals surface area contributed by atoms with E-state index in [1.165, 1.54) is 46.5 Å². The molecule has 0 N–H and O–H groups in total. The van der Waals surface area contributed by atoms with E-state index in [9.17, 15) is 26.3 Å². The average molecular weight is 1070 g/mol. The topological polar surface area (TPSA) is 8.82 Å². The predicted octanol–water partition coefficient (Wildman–Crippen LogP) is 21.9. The van der Waals surface area contributed by atoms with Crippen LogP contribution in [0.4, 0.5) is 26.3 Å². The zero-order valence-electron chi connectivity index (χ0n) is 47.2. The van der Waals surface area contributed by atoms with E-state index in [1.54, 1.807) is 12.1 Å². The third-order valence-corrected chi connectivity index (χ3v) is 17.0. The van der Waals surface area contributed by atoms with Crippen LogP contribution in [-0.2, 0) is 34.0 Å². The van der Waals surface area contributed by atoms with E-state index in [0.717, 1.165) is 111 Å². The van der Waals surface area contributed by atoms with Crippen LogP contribution < -0.4 is 0 Å². The van der Waals surface area contributed by atoms with E-state index in [4.69, 9.17) is 0 Å². The highest BCUT2D eigenvalue weighted by Crippen LogP contribution is 2.55. The molecular weight excluding hydrogens is 1010 g/mol. The number of benzene rings is 9. The molecule has 0 radical (unpaired) electrons. The Balaban J connectivity index is 1.26. The van der Waals surface area contributed by atoms with Crippen molar-refractivity contribution in [2.75, 3.05) is 0 Å². The first-order chi connectivity index (χ1) is 37.5. The molecule has 9 aromatic carbocycles. The third-order valence-electron chi connectivity index (χ3n) is 17.0. The minimum absolute atomic E-state index is 0.175. The van der Waals surface area contributed by atoms with Gasteiger partial charge in [-0.1, -0.05) is 204 Å². The van der Waals surface area contributed by atoms with Crippen LogP contribution in [0.1, 0.15) is 116 Å². The fraction of sp³-hybridized carbons (Fsp3) is 0.250. The molecule has 2 nitrogen and oxygen atoms in total. The quantitative estimate of drug-likeness (QED) is 0.155. The number of hydrogen-bond acceptors (Lipinski definition) is 0. The maximum Gasteiger partial charge on any atom is 0.416 e. The molecule has 0 bridgehead atoms. The van der Waals surface area contributed by atoms with Crippen LogP contribution in [0, 0.1) is 0 Å². The number of nitrogens with zero attached hydrogens (tertiary/aromatic N) is 2. The molecule has 0 aliphatic carbocycles. The molecule has 0 unspecified atom stereocenters. The van der Waals surface area contributed by atoms with E-state index < -0.39 is 23.5 Å². The molecule has 13 aromatic rings. The summed E-state index contributed by atoms with van der Waals surface area (Å²) in [5.74, 6) is 0. The number of fused-ring (bicyclic) bond motifs is 14. The molecule has 4 heterocycles. The molecular formula is C72H62F6N2. The highest BCUT2D eigenvalue weighted by Gasteiger charge is 2.35. The van der Waals surface area contributed by atoms with Crippen molar-refractivity contribution in [2.45, 2.75) is 117 Å². The number of halogens is 6. The van der Waals surface area contributed by atoms with Crippen molar-refractivity contribution in [3.05, 3.63) is 191 Å². The lowest BCUT2D eigenvalue weighted by Gasteiger charge is -2.26. The normalized spacial score (nSPS) is 13.6. The summed E-state index contributed by atoms with van der Waals surface area (Å²) in [7, 11) is 0. The number of hydrogen-bond donors (Lipinski definition) is 0. The Kier molecular flexibility index (Phi) is 10.9. The first-order valence-electron chi connectivity index (χ1n) is 27.5. The molecule has 80 heavy (non-hydrogen) atoms. The zero-order valence-corrected chi connectivity index (χ0v) is 47.2. The Morgan fingerprint density at radius 1 is 0.263 bits per heavy atom. The standard InChI is InChI=1S/C72H62F6N2/c1-67(2,3)47-31-43(32-48(37-47)68(4,5)6)51-21-15-23-55-61-59-54-28-26-42(40-18-14-20-46(30-40)72(76,77)78)36-58(54)80-64-52(44-33-49(69(7,8)9)38-50(34-44)70(10,11)12)22-16-24-56(64)62(66(59)80)60-53-27-25-41(35-57(53)79(63(51)55)65(60)61)39-17-13-19-45(29-39)71(73,74)75/h13-38H,1-12H3. The number of aromatic nitrogens is 2. The summed E-state index contributed by atoms with van der Waals surface area (Å²) < 4.78 is 91.2. The Hall–Kier alpha value is -7.84. The van der Waals surface area contributed by atoms with Crippen molar-refractivity contribution >= 4 is 76.2 Å². The van der Waals surface area contributed by atoms with Gasteiger partial charge in [0.1, 0.15) is 0 Å². The first kappa shape index (κ1) is 51.6. The van der Waals surface area contributed by atoms with Crippen molar-refractivity contribution in [1.82, 2.24) is 8.80 Å². The largest absolute Gasteiger partial charge is 0.416 e. The van der Waals surface area contributed by atoms with Gasteiger partial charge in [-0.05, 0) is 114 Å². The monoisotopic (exact) mass is 1070 g/mol. The molecule has 0 amide bonds. The summed E-state index contributed by atoms with van der Waals surface area (Å²) in [6.07, 6.45) is -9.05. The molecule has 0 atom stereocenters. The van der Waals surface area contributed by atoms with E-state index >= 15 is 0 Å². The zero-order chi connectivity index (χ0) is 56.7. The van der Waals surface area contributed by atoms with Crippen LogP contribution in [-0.4, -0.2) is 8.80 Å². The molecule has 0 fully saturated rings. The molecule has 0 saturated heterocycles. The summed E-state index contributed by atoms with van der Waals surface area (Å²) >= 11 is 0. The average Bonchev–Trinajstić information content (AvgIpc) is 2.53. The van der Waals surface area contributed by atoms with E-state index in [2.05, 4.69) is 189 Å². The van der Waals surface area contributed by atoms with Gasteiger partial charge in [-0.3, -0.25) is 0 Å². The molecule has 4 aromatic heterocycles. The van der Waals surface area contributed by atoms with Gasteiger partial charge >= 0.3 is 12.4 Å². The van der Waals surface area contributed by atoms with Gasteiger partial charge in [-0.25, -0.2) is 0 Å². The van der Waals surface area contributed by atoms with E-state index in [0.29, 0.717) is 22.3 Å². The smallest absolute Gasteiger partial charge is 0.307 e. The van der Waals surface area contributed by atoms with Gasteiger partial charge in [0.05, 0.1) is 44.2 Å². The Morgan fingerprint density at radius 2 is 0.562 bits per heavy atom. The molecule has 402 valence electrons. The Bertz CT molecular complexity index is 4340. The van der Waals surface area contributed by atoms with Gasteiger partial charge in [0, 0.05) is 54.2 Å². The lowest BCUT2D eigenvalue weighted by Crippen LogP contribution is -2.16. The van der Waals surface area contributed by atoms with Crippen molar-refractivity contribution in [2.24, 2.45) is 0 Å². The molecule has 0 aliphatic rings. The van der Waals surface area contributed by atoms with Gasteiger partial charge in [-0.15, -0.1) is 0 Å². The van der Waals surface area contributed by atoms with Gasteiger partial charge in [0.2, 0.25) is 0 Å². The molecule has 0 saturated carbocycles. The van der Waals surface area contributed by atoms with Crippen LogP contribution in [0.15, 0.2) is 158 Å². The molecule has 0 aliphatic heterocycles. The summed E-state index contributed by atoms with van der Waals surface area (Å²) in [5.41, 5.74) is 14.8. The van der Waals surface area contributed by atoms with Crippen molar-refractivity contribution in [1.29, 1.82) is 0 Å². The predicted molar refractivity (Wildman–Crippen MR) is 322 cm³/mol. The van der Waals surface area contributed by atoms with Crippen LogP contribution in [0.25, 0.3) is 121 Å². The van der Waals surface area contributed by atoms with E-state index in [-0.39, 0.29) is 21.7 Å². The second kappa shape index (κ2) is 16.9. The van der Waals surface area contributed by atoms with Gasteiger partial charge in [0.25, 0.3) is 0 Å². The maximum atomic E-state index is 14.4. The Labute approximate surface area is 462 Å². The third kappa shape index (κ3) is 7.90. The fourth-order valence-corrected chi connectivity index (χ4v) is 12.6. The van der Waals surface area contributed by atoms with Crippen molar-refractivity contribution in [3.63, 3.8) is 0 Å². The van der Waals surface area contributed by atoms with E-state index in [1.807, 2.05) is 12.1 Å². The Morgan fingerprint density at radius 3 is 0.887 bits per heavy atom.